The first-order chi connectivity index (χ1) is 9.06. The van der Waals surface area contributed by atoms with Gasteiger partial charge in [-0.15, -0.1) is 0 Å². The summed E-state index contributed by atoms with van der Waals surface area (Å²) in [6.45, 7) is 5.34. The normalized spacial score (nSPS) is 17.3. The maximum absolute atomic E-state index is 11.0. The highest BCUT2D eigenvalue weighted by Gasteiger charge is 2.15. The van der Waals surface area contributed by atoms with Gasteiger partial charge in [0.15, 0.2) is 0 Å². The number of nitrogens with one attached hydrogen (secondary N) is 1. The van der Waals surface area contributed by atoms with Crippen LogP contribution in [0.1, 0.15) is 30.1 Å². The number of nitrogens with zero attached hydrogens (tertiary/aromatic N) is 1. The van der Waals surface area contributed by atoms with E-state index in [1.165, 1.54) is 18.9 Å². The number of aromatic carboxylic acids is 1. The second kappa shape index (κ2) is 5.93. The standard InChI is InChI=1S/C14H21N3O2/c1-10(9-17-6-2-3-7-17)16-13-8-11(14(18)19)4-5-12(13)15/h4-5,8,10,16H,2-3,6-7,9,15H2,1H3,(H,18,19). The highest BCUT2D eigenvalue weighted by molar-refractivity contribution is 5.90. The fourth-order valence-electron chi connectivity index (χ4n) is 2.48. The highest BCUT2D eigenvalue weighted by Crippen LogP contribution is 2.21. The Balaban J connectivity index is 2.00. The van der Waals surface area contributed by atoms with Gasteiger partial charge in [-0.2, -0.15) is 0 Å². The predicted octanol–water partition coefficient (Wildman–Crippen LogP) is 1.86. The number of carboxylic acid groups (broad SMARTS) is 1. The molecular weight excluding hydrogens is 242 g/mol. The maximum Gasteiger partial charge on any atom is 0.335 e. The highest BCUT2D eigenvalue weighted by atomic mass is 16.4. The van der Waals surface area contributed by atoms with Crippen LogP contribution < -0.4 is 11.1 Å². The van der Waals surface area contributed by atoms with Crippen LogP contribution in [0.3, 0.4) is 0 Å². The minimum absolute atomic E-state index is 0.240. The van der Waals surface area contributed by atoms with Crippen molar-refractivity contribution in [1.29, 1.82) is 0 Å². The van der Waals surface area contributed by atoms with E-state index in [0.29, 0.717) is 11.4 Å². The van der Waals surface area contributed by atoms with Gasteiger partial charge in [0.25, 0.3) is 0 Å². The summed E-state index contributed by atoms with van der Waals surface area (Å²) in [6.07, 6.45) is 2.53. The Labute approximate surface area is 113 Å². The Hall–Kier alpha value is -1.75. The van der Waals surface area contributed by atoms with Crippen LogP contribution in [-0.2, 0) is 0 Å². The van der Waals surface area contributed by atoms with E-state index in [1.807, 2.05) is 0 Å². The van der Waals surface area contributed by atoms with Crippen molar-refractivity contribution >= 4 is 17.3 Å². The molecule has 2 rings (SSSR count). The molecule has 0 radical (unpaired) electrons. The molecule has 1 aliphatic heterocycles. The van der Waals surface area contributed by atoms with E-state index in [9.17, 15) is 4.79 Å². The molecule has 5 nitrogen and oxygen atoms in total. The molecule has 0 aromatic heterocycles. The van der Waals surface area contributed by atoms with Crippen molar-refractivity contribution in [2.75, 3.05) is 30.7 Å². The van der Waals surface area contributed by atoms with Gasteiger partial charge in [0.2, 0.25) is 0 Å². The van der Waals surface area contributed by atoms with Crippen molar-refractivity contribution in [2.24, 2.45) is 0 Å². The second-order valence-electron chi connectivity index (χ2n) is 5.16. The Morgan fingerprint density at radius 3 is 2.79 bits per heavy atom. The van der Waals surface area contributed by atoms with E-state index in [0.717, 1.165) is 19.6 Å². The summed E-state index contributed by atoms with van der Waals surface area (Å²) >= 11 is 0. The van der Waals surface area contributed by atoms with Gasteiger partial charge in [-0.1, -0.05) is 0 Å². The van der Waals surface area contributed by atoms with E-state index in [4.69, 9.17) is 10.8 Å². The number of nitrogens with two attached hydrogens (primary N) is 1. The van der Waals surface area contributed by atoms with Gasteiger partial charge in [0, 0.05) is 12.6 Å². The fourth-order valence-corrected chi connectivity index (χ4v) is 2.48. The smallest absolute Gasteiger partial charge is 0.335 e. The summed E-state index contributed by atoms with van der Waals surface area (Å²) in [5.74, 6) is -0.935. The Morgan fingerprint density at radius 1 is 1.47 bits per heavy atom. The Morgan fingerprint density at radius 2 is 2.16 bits per heavy atom. The first-order valence-electron chi connectivity index (χ1n) is 6.68. The van der Waals surface area contributed by atoms with Crippen LogP contribution in [-0.4, -0.2) is 41.7 Å². The number of rotatable bonds is 5. The summed E-state index contributed by atoms with van der Waals surface area (Å²) in [4.78, 5) is 13.4. The molecule has 1 atom stereocenters. The van der Waals surface area contributed by atoms with Crippen LogP contribution in [0.4, 0.5) is 11.4 Å². The van der Waals surface area contributed by atoms with E-state index in [2.05, 4.69) is 17.1 Å². The number of hydrogen-bond donors (Lipinski definition) is 3. The molecule has 1 aromatic carbocycles. The van der Waals surface area contributed by atoms with Crippen molar-refractivity contribution in [3.8, 4) is 0 Å². The van der Waals surface area contributed by atoms with Crippen LogP contribution >= 0.6 is 0 Å². The summed E-state index contributed by atoms with van der Waals surface area (Å²) in [6, 6.07) is 4.99. The Bertz CT molecular complexity index is 456. The number of carbonyl (C=O) groups is 1. The summed E-state index contributed by atoms with van der Waals surface area (Å²) in [7, 11) is 0. The monoisotopic (exact) mass is 263 g/mol. The molecule has 1 fully saturated rings. The molecule has 0 amide bonds. The molecule has 1 heterocycles. The van der Waals surface area contributed by atoms with Crippen LogP contribution in [0.25, 0.3) is 0 Å². The minimum atomic E-state index is -0.935. The number of nitrogen functional groups attached to an aromatic ring is 1. The van der Waals surface area contributed by atoms with Crippen molar-refractivity contribution in [1.82, 2.24) is 4.90 Å². The van der Waals surface area contributed by atoms with Gasteiger partial charge in [-0.05, 0) is 51.1 Å². The molecule has 19 heavy (non-hydrogen) atoms. The third-order valence-corrected chi connectivity index (χ3v) is 3.43. The average Bonchev–Trinajstić information content (AvgIpc) is 2.84. The molecule has 0 bridgehead atoms. The molecular formula is C14H21N3O2. The molecule has 1 aliphatic rings. The largest absolute Gasteiger partial charge is 0.478 e. The van der Waals surface area contributed by atoms with Gasteiger partial charge >= 0.3 is 5.97 Å². The lowest BCUT2D eigenvalue weighted by molar-refractivity contribution is 0.0697. The van der Waals surface area contributed by atoms with Gasteiger partial charge in [0.1, 0.15) is 0 Å². The zero-order valence-corrected chi connectivity index (χ0v) is 11.2. The number of carboxylic acids is 1. The summed E-state index contributed by atoms with van der Waals surface area (Å²) < 4.78 is 0. The first-order valence-corrected chi connectivity index (χ1v) is 6.68. The van der Waals surface area contributed by atoms with Crippen LogP contribution in [0, 0.1) is 0 Å². The number of anilines is 2. The summed E-state index contributed by atoms with van der Waals surface area (Å²) in [5, 5.41) is 12.3. The zero-order valence-electron chi connectivity index (χ0n) is 11.2. The van der Waals surface area contributed by atoms with Gasteiger partial charge in [0.05, 0.1) is 16.9 Å². The van der Waals surface area contributed by atoms with Crippen molar-refractivity contribution in [3.63, 3.8) is 0 Å². The van der Waals surface area contributed by atoms with E-state index < -0.39 is 5.97 Å². The third-order valence-electron chi connectivity index (χ3n) is 3.43. The molecule has 1 unspecified atom stereocenters. The number of likely N-dealkylation sites (tertiary alicyclic amines) is 1. The number of benzene rings is 1. The molecule has 1 saturated heterocycles. The molecule has 1 aromatic rings. The molecule has 104 valence electrons. The SMILES string of the molecule is CC(CN1CCCC1)Nc1cc(C(=O)O)ccc1N. The molecule has 4 N–H and O–H groups in total. The lowest BCUT2D eigenvalue weighted by Gasteiger charge is -2.23. The third kappa shape index (κ3) is 3.61. The first kappa shape index (κ1) is 13.7. The van der Waals surface area contributed by atoms with Gasteiger partial charge in [-0.25, -0.2) is 4.79 Å². The molecule has 0 aliphatic carbocycles. The molecule has 0 spiro atoms. The van der Waals surface area contributed by atoms with Gasteiger partial charge in [-0.3, -0.25) is 0 Å². The van der Waals surface area contributed by atoms with Crippen molar-refractivity contribution in [3.05, 3.63) is 23.8 Å². The quantitative estimate of drug-likeness (QED) is 0.707. The predicted molar refractivity (Wildman–Crippen MR) is 76.6 cm³/mol. The molecule has 5 heteroatoms. The van der Waals surface area contributed by atoms with E-state index >= 15 is 0 Å². The van der Waals surface area contributed by atoms with Crippen LogP contribution in [0.5, 0.6) is 0 Å². The lowest BCUT2D eigenvalue weighted by Crippen LogP contribution is -2.33. The summed E-state index contributed by atoms with van der Waals surface area (Å²) in [5.41, 5.74) is 7.41. The fraction of sp³-hybridized carbons (Fsp3) is 0.500. The lowest BCUT2D eigenvalue weighted by atomic mass is 10.1. The molecule has 0 saturated carbocycles. The van der Waals surface area contributed by atoms with E-state index in [-0.39, 0.29) is 11.6 Å². The number of hydrogen-bond acceptors (Lipinski definition) is 4. The Kier molecular flexibility index (Phi) is 4.27. The van der Waals surface area contributed by atoms with Crippen LogP contribution in [0.2, 0.25) is 0 Å². The van der Waals surface area contributed by atoms with E-state index in [1.54, 1.807) is 12.1 Å². The average molecular weight is 263 g/mol. The van der Waals surface area contributed by atoms with Crippen molar-refractivity contribution < 1.29 is 9.90 Å². The topological polar surface area (TPSA) is 78.6 Å². The maximum atomic E-state index is 11.0. The second-order valence-corrected chi connectivity index (χ2v) is 5.16. The zero-order chi connectivity index (χ0) is 13.8. The van der Waals surface area contributed by atoms with Crippen molar-refractivity contribution in [2.45, 2.75) is 25.8 Å². The van der Waals surface area contributed by atoms with Crippen LogP contribution in [0.15, 0.2) is 18.2 Å². The minimum Gasteiger partial charge on any atom is -0.478 e. The van der Waals surface area contributed by atoms with Gasteiger partial charge < -0.3 is 21.1 Å².